The van der Waals surface area contributed by atoms with E-state index >= 15 is 22.0 Å². The van der Waals surface area contributed by atoms with Crippen molar-refractivity contribution in [2.24, 2.45) is 0 Å². The van der Waals surface area contributed by atoms with Crippen LogP contribution in [-0.4, -0.2) is 4.98 Å². The Hall–Kier alpha value is -5.50. The Bertz CT molecular complexity index is 1990. The number of aryl methyl sites for hydroxylation is 1. The second kappa shape index (κ2) is 13.5. The first kappa shape index (κ1) is 32.9. The lowest BCUT2D eigenvalue weighted by atomic mass is 9.99. The molecule has 0 radical (unpaired) electrons. The Morgan fingerprint density at radius 2 is 1.30 bits per heavy atom. The average molecular weight is 651 g/mol. The Labute approximate surface area is 264 Å². The minimum atomic E-state index is -4.67. The smallest absolute Gasteiger partial charge is 0.429 e. The molecule has 3 nitrogen and oxygen atoms in total. The van der Waals surface area contributed by atoms with Gasteiger partial charge < -0.3 is 4.74 Å². The first-order valence-electron chi connectivity index (χ1n) is 14.0. The zero-order valence-electron chi connectivity index (χ0n) is 24.4. The quantitative estimate of drug-likeness (QED) is 0.118. The standard InChI is InChI=1S/C36H22F8N2O/c1-2-3-4-5-20-6-11-34(46-19-20)21-7-9-25(28(37)12-21)23-15-32(41)35(33(42)16-23)36(43,44)47-24-8-10-26(31(40)17-24)22-13-29(38)27(18-45)30(39)14-22/h2-3,6-17,19H,4-5H2,1H3/b3-2+. The third kappa shape index (κ3) is 7.02. The minimum absolute atomic E-state index is 0.265. The van der Waals surface area contributed by atoms with Crippen LogP contribution in [0.25, 0.3) is 33.5 Å². The molecule has 238 valence electrons. The zero-order valence-corrected chi connectivity index (χ0v) is 24.4. The highest BCUT2D eigenvalue weighted by Gasteiger charge is 2.41. The number of pyridine rings is 1. The van der Waals surface area contributed by atoms with Crippen LogP contribution in [0, 0.1) is 46.2 Å². The second-order valence-electron chi connectivity index (χ2n) is 10.4. The topological polar surface area (TPSA) is 45.9 Å². The third-order valence-corrected chi connectivity index (χ3v) is 7.22. The van der Waals surface area contributed by atoms with Crippen molar-refractivity contribution in [3.05, 3.63) is 143 Å². The fourth-order valence-corrected chi connectivity index (χ4v) is 4.90. The monoisotopic (exact) mass is 650 g/mol. The number of halogens is 8. The van der Waals surface area contributed by atoms with Gasteiger partial charge in [0.2, 0.25) is 0 Å². The molecule has 0 spiro atoms. The summed E-state index contributed by atoms with van der Waals surface area (Å²) in [5.41, 5.74) is -2.28. The van der Waals surface area contributed by atoms with Crippen molar-refractivity contribution in [2.75, 3.05) is 0 Å². The van der Waals surface area contributed by atoms with Gasteiger partial charge in [0.05, 0.1) is 5.69 Å². The summed E-state index contributed by atoms with van der Waals surface area (Å²) in [7, 11) is 0. The van der Waals surface area contributed by atoms with Gasteiger partial charge in [-0.15, -0.1) is 0 Å². The molecule has 11 heteroatoms. The Morgan fingerprint density at radius 3 is 1.83 bits per heavy atom. The molecule has 0 aliphatic heterocycles. The number of hydrogen-bond acceptors (Lipinski definition) is 3. The average Bonchev–Trinajstić information content (AvgIpc) is 3.00. The van der Waals surface area contributed by atoms with Crippen LogP contribution in [-0.2, 0) is 12.5 Å². The van der Waals surface area contributed by atoms with Crippen molar-refractivity contribution < 1.29 is 39.9 Å². The van der Waals surface area contributed by atoms with E-state index in [-0.39, 0.29) is 16.7 Å². The predicted octanol–water partition coefficient (Wildman–Crippen LogP) is 10.4. The van der Waals surface area contributed by atoms with E-state index in [1.54, 1.807) is 12.3 Å². The molecule has 5 rings (SSSR count). The van der Waals surface area contributed by atoms with Crippen LogP contribution in [0.3, 0.4) is 0 Å². The largest absolute Gasteiger partial charge is 0.432 e. The lowest BCUT2D eigenvalue weighted by molar-refractivity contribution is -0.189. The molecule has 47 heavy (non-hydrogen) atoms. The molecular weight excluding hydrogens is 628 g/mol. The second-order valence-corrected chi connectivity index (χ2v) is 10.4. The SMILES string of the molecule is C/C=C/CCc1ccc(-c2ccc(-c3cc(F)c(C(F)(F)Oc4ccc(-c5cc(F)c(C#N)c(F)c5)c(F)c4)c(F)c3)c(F)c2)nc1. The van der Waals surface area contributed by atoms with Crippen LogP contribution >= 0.6 is 0 Å². The summed E-state index contributed by atoms with van der Waals surface area (Å²) < 4.78 is 122. The molecule has 0 N–H and O–H groups in total. The summed E-state index contributed by atoms with van der Waals surface area (Å²) in [6.45, 7) is 1.92. The summed E-state index contributed by atoms with van der Waals surface area (Å²) in [5.74, 6) is -9.06. The van der Waals surface area contributed by atoms with E-state index < -0.39 is 63.5 Å². The summed E-state index contributed by atoms with van der Waals surface area (Å²) in [6, 6.07) is 13.2. The van der Waals surface area contributed by atoms with Crippen LogP contribution in [0.4, 0.5) is 35.1 Å². The molecule has 1 heterocycles. The van der Waals surface area contributed by atoms with E-state index in [1.165, 1.54) is 18.2 Å². The number of benzene rings is 4. The summed E-state index contributed by atoms with van der Waals surface area (Å²) in [5, 5.41) is 8.79. The lowest BCUT2D eigenvalue weighted by Gasteiger charge is -2.20. The van der Waals surface area contributed by atoms with Crippen LogP contribution < -0.4 is 4.74 Å². The van der Waals surface area contributed by atoms with Crippen molar-refractivity contribution in [1.29, 1.82) is 5.26 Å². The number of aromatic nitrogens is 1. The van der Waals surface area contributed by atoms with Crippen LogP contribution in [0.1, 0.15) is 30.0 Å². The van der Waals surface area contributed by atoms with E-state index in [0.717, 1.165) is 36.6 Å². The molecule has 0 aliphatic rings. The first-order chi connectivity index (χ1) is 22.4. The Balaban J connectivity index is 1.37. The van der Waals surface area contributed by atoms with Crippen molar-refractivity contribution in [1.82, 2.24) is 4.98 Å². The van der Waals surface area contributed by atoms with Gasteiger partial charge >= 0.3 is 6.11 Å². The van der Waals surface area contributed by atoms with Crippen molar-refractivity contribution in [3.8, 4) is 45.3 Å². The number of alkyl halides is 2. The summed E-state index contributed by atoms with van der Waals surface area (Å²) >= 11 is 0. The first-order valence-corrected chi connectivity index (χ1v) is 14.0. The fourth-order valence-electron chi connectivity index (χ4n) is 4.90. The number of allylic oxidation sites excluding steroid dienone is 2. The van der Waals surface area contributed by atoms with Crippen molar-refractivity contribution >= 4 is 0 Å². The zero-order chi connectivity index (χ0) is 33.9. The highest BCUT2D eigenvalue weighted by molar-refractivity contribution is 5.70. The maximum Gasteiger partial charge on any atom is 0.432 e. The molecule has 0 atom stereocenters. The van der Waals surface area contributed by atoms with E-state index in [2.05, 4.69) is 9.72 Å². The van der Waals surface area contributed by atoms with E-state index in [0.29, 0.717) is 41.6 Å². The van der Waals surface area contributed by atoms with Gasteiger partial charge in [0.25, 0.3) is 0 Å². The number of nitrogens with zero attached hydrogens (tertiary/aromatic N) is 2. The van der Waals surface area contributed by atoms with Gasteiger partial charge in [-0.05, 0) is 85.0 Å². The van der Waals surface area contributed by atoms with Gasteiger partial charge in [-0.2, -0.15) is 14.0 Å². The van der Waals surface area contributed by atoms with Crippen molar-refractivity contribution in [2.45, 2.75) is 25.9 Å². The molecule has 4 aromatic carbocycles. The number of rotatable bonds is 9. The van der Waals surface area contributed by atoms with Gasteiger partial charge in [0, 0.05) is 29.0 Å². The summed E-state index contributed by atoms with van der Waals surface area (Å²) in [4.78, 5) is 4.34. The van der Waals surface area contributed by atoms with Gasteiger partial charge in [-0.25, -0.2) is 26.3 Å². The Kier molecular flexibility index (Phi) is 9.42. The van der Waals surface area contributed by atoms with E-state index in [1.807, 2.05) is 25.1 Å². The highest BCUT2D eigenvalue weighted by atomic mass is 19.3. The van der Waals surface area contributed by atoms with Crippen LogP contribution in [0.15, 0.2) is 91.1 Å². The van der Waals surface area contributed by atoms with Gasteiger partial charge in [-0.3, -0.25) is 4.98 Å². The van der Waals surface area contributed by atoms with Crippen molar-refractivity contribution in [3.63, 3.8) is 0 Å². The number of nitriles is 1. The summed E-state index contributed by atoms with van der Waals surface area (Å²) in [6.07, 6.45) is 2.57. The molecule has 0 amide bonds. The minimum Gasteiger partial charge on any atom is -0.429 e. The lowest BCUT2D eigenvalue weighted by Crippen LogP contribution is -2.25. The number of ether oxygens (including phenoxy) is 1. The molecule has 0 fully saturated rings. The molecule has 0 saturated heterocycles. The molecule has 1 aromatic heterocycles. The van der Waals surface area contributed by atoms with Gasteiger partial charge in [-0.1, -0.05) is 30.4 Å². The van der Waals surface area contributed by atoms with Gasteiger partial charge in [0.15, 0.2) is 0 Å². The highest BCUT2D eigenvalue weighted by Crippen LogP contribution is 2.39. The van der Waals surface area contributed by atoms with Gasteiger partial charge in [0.1, 0.15) is 57.8 Å². The van der Waals surface area contributed by atoms with Crippen LogP contribution in [0.5, 0.6) is 5.75 Å². The third-order valence-electron chi connectivity index (χ3n) is 7.22. The molecular formula is C36H22F8N2O. The van der Waals surface area contributed by atoms with E-state index in [9.17, 15) is 13.2 Å². The fraction of sp³-hybridized carbons (Fsp3) is 0.111. The molecule has 5 aromatic rings. The van der Waals surface area contributed by atoms with E-state index in [4.69, 9.17) is 5.26 Å². The number of hydrogen-bond donors (Lipinski definition) is 0. The maximum atomic E-state index is 15.1. The molecule has 0 bridgehead atoms. The normalized spacial score (nSPS) is 11.6. The molecule has 0 aliphatic carbocycles. The van der Waals surface area contributed by atoms with Crippen LogP contribution in [0.2, 0.25) is 0 Å². The maximum absolute atomic E-state index is 15.1. The molecule has 0 saturated carbocycles. The Morgan fingerprint density at radius 1 is 0.723 bits per heavy atom. The predicted molar refractivity (Wildman–Crippen MR) is 159 cm³/mol. The molecule has 0 unspecified atom stereocenters.